The van der Waals surface area contributed by atoms with Crippen LogP contribution in [-0.2, 0) is 4.79 Å². The van der Waals surface area contributed by atoms with E-state index in [9.17, 15) is 4.79 Å². The van der Waals surface area contributed by atoms with E-state index in [1.54, 1.807) is 24.2 Å². The molecule has 30 heavy (non-hydrogen) atoms. The summed E-state index contributed by atoms with van der Waals surface area (Å²) in [4.78, 5) is 26.9. The number of carbonyl (C=O) groups is 1. The molecule has 1 fully saturated rings. The molecule has 0 N–H and O–H groups in total. The first-order chi connectivity index (χ1) is 14.7. The Hall–Kier alpha value is -2.22. The number of piperazine rings is 1. The van der Waals surface area contributed by atoms with Crippen LogP contribution in [-0.4, -0.2) is 52.7 Å². The van der Waals surface area contributed by atoms with Crippen molar-refractivity contribution in [2.75, 3.05) is 36.8 Å². The van der Waals surface area contributed by atoms with Crippen LogP contribution >= 0.6 is 35.1 Å². The molecule has 5 nitrogen and oxygen atoms in total. The van der Waals surface area contributed by atoms with Crippen molar-refractivity contribution >= 4 is 46.7 Å². The number of para-hydroxylation sites is 1. The fourth-order valence-electron chi connectivity index (χ4n) is 3.21. The molecular formula is C22H21ClN4OS2. The first kappa shape index (κ1) is 21.0. The van der Waals surface area contributed by atoms with Crippen molar-refractivity contribution in [2.45, 2.75) is 14.9 Å². The lowest BCUT2D eigenvalue weighted by Gasteiger charge is -2.36. The Kier molecular flexibility index (Phi) is 7.15. The molecule has 2 aromatic carbocycles. The second kappa shape index (κ2) is 10.2. The molecule has 3 aromatic rings. The first-order valence-corrected chi connectivity index (χ1v) is 11.8. The van der Waals surface area contributed by atoms with Crippen LogP contribution in [0.25, 0.3) is 0 Å². The highest BCUT2D eigenvalue weighted by atomic mass is 35.5. The van der Waals surface area contributed by atoms with Crippen molar-refractivity contribution in [2.24, 2.45) is 0 Å². The molecule has 0 bridgehead atoms. The van der Waals surface area contributed by atoms with Crippen molar-refractivity contribution in [3.8, 4) is 0 Å². The van der Waals surface area contributed by atoms with Crippen molar-refractivity contribution in [3.63, 3.8) is 0 Å². The summed E-state index contributed by atoms with van der Waals surface area (Å²) in [6, 6.07) is 17.9. The molecule has 1 saturated heterocycles. The molecule has 1 aliphatic rings. The van der Waals surface area contributed by atoms with Gasteiger partial charge < -0.3 is 9.80 Å². The maximum atomic E-state index is 12.8. The number of thioether (sulfide) groups is 1. The first-order valence-electron chi connectivity index (χ1n) is 9.64. The van der Waals surface area contributed by atoms with E-state index in [1.807, 2.05) is 59.5 Å². The number of anilines is 1. The maximum absolute atomic E-state index is 12.8. The summed E-state index contributed by atoms with van der Waals surface area (Å²) in [6.45, 7) is 2.94. The molecular weight excluding hydrogens is 436 g/mol. The topological polar surface area (TPSA) is 49.3 Å². The minimum atomic E-state index is 0.125. The number of aromatic nitrogens is 2. The number of carbonyl (C=O) groups excluding carboxylic acids is 1. The van der Waals surface area contributed by atoms with Gasteiger partial charge in [0.1, 0.15) is 10.1 Å². The van der Waals surface area contributed by atoms with Gasteiger partial charge in [-0.1, -0.05) is 65.5 Å². The van der Waals surface area contributed by atoms with Crippen LogP contribution in [0.15, 0.2) is 81.9 Å². The summed E-state index contributed by atoms with van der Waals surface area (Å²) in [5, 5.41) is 2.36. The smallest absolute Gasteiger partial charge is 0.233 e. The van der Waals surface area contributed by atoms with Crippen LogP contribution in [0.3, 0.4) is 0 Å². The van der Waals surface area contributed by atoms with Crippen LogP contribution in [0.4, 0.5) is 5.69 Å². The highest BCUT2D eigenvalue weighted by Crippen LogP contribution is 2.32. The molecule has 1 aliphatic heterocycles. The van der Waals surface area contributed by atoms with E-state index >= 15 is 0 Å². The molecule has 4 rings (SSSR count). The number of nitrogens with zero attached hydrogens (tertiary/aromatic N) is 4. The van der Waals surface area contributed by atoms with Gasteiger partial charge >= 0.3 is 0 Å². The van der Waals surface area contributed by atoms with E-state index in [1.165, 1.54) is 11.8 Å². The summed E-state index contributed by atoms with van der Waals surface area (Å²) in [5.41, 5.74) is 1.03. The lowest BCUT2D eigenvalue weighted by molar-refractivity contribution is -0.128. The van der Waals surface area contributed by atoms with Gasteiger partial charge in [0.2, 0.25) is 5.91 Å². The molecule has 0 aliphatic carbocycles. The van der Waals surface area contributed by atoms with Crippen molar-refractivity contribution in [1.29, 1.82) is 0 Å². The number of hydrogen-bond donors (Lipinski definition) is 0. The van der Waals surface area contributed by atoms with E-state index in [-0.39, 0.29) is 5.91 Å². The molecule has 0 atom stereocenters. The Morgan fingerprint density at radius 1 is 0.900 bits per heavy atom. The molecule has 0 saturated carbocycles. The largest absolute Gasteiger partial charge is 0.367 e. The highest BCUT2D eigenvalue weighted by Gasteiger charge is 2.23. The molecule has 2 heterocycles. The molecule has 0 unspecified atom stereocenters. The van der Waals surface area contributed by atoms with Gasteiger partial charge in [0.25, 0.3) is 0 Å². The molecule has 1 aromatic heterocycles. The SMILES string of the molecule is O=C(CSc1nccnc1Sc1ccccc1)N1CCN(c2ccccc2Cl)CC1. The van der Waals surface area contributed by atoms with Crippen LogP contribution in [0.2, 0.25) is 5.02 Å². The summed E-state index contributed by atoms with van der Waals surface area (Å²) < 4.78 is 0. The van der Waals surface area contributed by atoms with Crippen LogP contribution < -0.4 is 4.90 Å². The van der Waals surface area contributed by atoms with Gasteiger partial charge in [0.05, 0.1) is 16.5 Å². The maximum Gasteiger partial charge on any atom is 0.233 e. The standard InChI is InChI=1S/C22H21ClN4OS2/c23-18-8-4-5-9-19(18)26-12-14-27(15-13-26)20(28)16-29-21-22(25-11-10-24-21)30-17-6-2-1-3-7-17/h1-11H,12-16H2. The van der Waals surface area contributed by atoms with Crippen LogP contribution in [0.5, 0.6) is 0 Å². The third-order valence-electron chi connectivity index (χ3n) is 4.75. The van der Waals surface area contributed by atoms with E-state index in [4.69, 9.17) is 11.6 Å². The third-order valence-corrected chi connectivity index (χ3v) is 7.16. The fourth-order valence-corrected chi connectivity index (χ4v) is 5.29. The Bertz CT molecular complexity index is 997. The lowest BCUT2D eigenvalue weighted by atomic mass is 10.2. The van der Waals surface area contributed by atoms with E-state index in [2.05, 4.69) is 14.9 Å². The van der Waals surface area contributed by atoms with Crippen LogP contribution in [0, 0.1) is 0 Å². The minimum Gasteiger partial charge on any atom is -0.367 e. The van der Waals surface area contributed by atoms with Gasteiger partial charge in [-0.05, 0) is 24.3 Å². The van der Waals surface area contributed by atoms with Gasteiger partial charge in [-0.2, -0.15) is 0 Å². The normalized spacial score (nSPS) is 14.0. The lowest BCUT2D eigenvalue weighted by Crippen LogP contribution is -2.49. The number of rotatable bonds is 6. The number of halogens is 1. The van der Waals surface area contributed by atoms with Gasteiger partial charge in [0, 0.05) is 43.5 Å². The van der Waals surface area contributed by atoms with E-state index in [0.29, 0.717) is 18.8 Å². The molecule has 0 spiro atoms. The minimum absolute atomic E-state index is 0.125. The highest BCUT2D eigenvalue weighted by molar-refractivity contribution is 8.02. The number of benzene rings is 2. The fraction of sp³-hybridized carbons (Fsp3) is 0.227. The quantitative estimate of drug-likeness (QED) is 0.500. The monoisotopic (exact) mass is 456 g/mol. The Balaban J connectivity index is 1.32. The average Bonchev–Trinajstić information content (AvgIpc) is 2.79. The second-order valence-electron chi connectivity index (χ2n) is 6.69. The molecule has 154 valence electrons. The number of amides is 1. The summed E-state index contributed by atoms with van der Waals surface area (Å²) in [7, 11) is 0. The van der Waals surface area contributed by atoms with Crippen molar-refractivity contribution in [3.05, 3.63) is 72.0 Å². The van der Waals surface area contributed by atoms with Gasteiger partial charge in [-0.15, -0.1) is 0 Å². The second-order valence-corrected chi connectivity index (χ2v) is 9.12. The summed E-state index contributed by atoms with van der Waals surface area (Å²) in [5.74, 6) is 0.479. The van der Waals surface area contributed by atoms with Crippen LogP contribution in [0.1, 0.15) is 0 Å². The van der Waals surface area contributed by atoms with Crippen molar-refractivity contribution in [1.82, 2.24) is 14.9 Å². The van der Waals surface area contributed by atoms with E-state index in [0.717, 1.165) is 38.7 Å². The Morgan fingerprint density at radius 2 is 1.57 bits per heavy atom. The zero-order chi connectivity index (χ0) is 20.8. The summed E-state index contributed by atoms with van der Waals surface area (Å²) in [6.07, 6.45) is 3.36. The predicted molar refractivity (Wildman–Crippen MR) is 124 cm³/mol. The Labute approximate surface area is 189 Å². The van der Waals surface area contributed by atoms with Gasteiger partial charge in [-0.3, -0.25) is 4.79 Å². The van der Waals surface area contributed by atoms with E-state index < -0.39 is 0 Å². The summed E-state index contributed by atoms with van der Waals surface area (Å²) >= 11 is 9.32. The van der Waals surface area contributed by atoms with Gasteiger partial charge in [-0.25, -0.2) is 9.97 Å². The van der Waals surface area contributed by atoms with Gasteiger partial charge in [0.15, 0.2) is 0 Å². The molecule has 1 amide bonds. The predicted octanol–water partition coefficient (Wildman–Crippen LogP) is 4.72. The average molecular weight is 457 g/mol. The van der Waals surface area contributed by atoms with Crippen molar-refractivity contribution < 1.29 is 4.79 Å². The zero-order valence-electron chi connectivity index (χ0n) is 16.3. The molecule has 8 heteroatoms. The number of hydrogen-bond acceptors (Lipinski definition) is 6. The third kappa shape index (κ3) is 5.28. The molecule has 0 radical (unpaired) electrons. The Morgan fingerprint density at radius 3 is 2.30 bits per heavy atom. The zero-order valence-corrected chi connectivity index (χ0v) is 18.7.